The second-order valence-corrected chi connectivity index (χ2v) is 9.97. The number of amides is 3. The molecule has 0 aliphatic carbocycles. The van der Waals surface area contributed by atoms with E-state index in [0.717, 1.165) is 6.07 Å². The molecule has 0 spiro atoms. The van der Waals surface area contributed by atoms with Gasteiger partial charge in [0.2, 0.25) is 5.91 Å². The molecule has 1 fully saturated rings. The smallest absolute Gasteiger partial charge is 0.420 e. The molecule has 1 heterocycles. The molecule has 0 bridgehead atoms. The molecule has 3 atom stereocenters. The van der Waals surface area contributed by atoms with Gasteiger partial charge >= 0.3 is 12.2 Å². The average Bonchev–Trinajstić information content (AvgIpc) is 2.80. The fourth-order valence-corrected chi connectivity index (χ4v) is 3.60. The molecule has 0 saturated carbocycles. The van der Waals surface area contributed by atoms with Crippen LogP contribution in [0.5, 0.6) is 0 Å². The molecule has 1 aliphatic heterocycles. The molecule has 1 aromatic rings. The Hall–Kier alpha value is -2.75. The minimum absolute atomic E-state index is 0.0175. The number of hydrogen-bond donors (Lipinski definition) is 2. The summed E-state index contributed by atoms with van der Waals surface area (Å²) in [6.07, 6.45) is -2.17. The van der Waals surface area contributed by atoms with Crippen LogP contribution in [0.25, 0.3) is 0 Å². The van der Waals surface area contributed by atoms with Crippen LogP contribution < -0.4 is 5.32 Å². The number of imide groups is 1. The number of carbonyl (C=O) groups excluding carboxylic acids is 3. The second kappa shape index (κ2) is 10.0. The molecular weight excluding hydrogens is 438 g/mol. The first kappa shape index (κ1) is 26.5. The lowest BCUT2D eigenvalue weighted by Gasteiger charge is -2.32. The van der Waals surface area contributed by atoms with E-state index in [1.54, 1.807) is 41.5 Å². The van der Waals surface area contributed by atoms with Crippen LogP contribution in [0.1, 0.15) is 65.9 Å². The fraction of sp³-hybridized carbons (Fsp3) is 0.609. The number of aliphatic hydroxyl groups excluding tert-OH is 1. The Kier molecular flexibility index (Phi) is 8.05. The molecule has 3 amide bonds. The Morgan fingerprint density at radius 1 is 1.06 bits per heavy atom. The van der Waals surface area contributed by atoms with Crippen molar-refractivity contribution in [3.63, 3.8) is 0 Å². The number of hydrogen-bond acceptors (Lipinski definition) is 6. The highest BCUT2D eigenvalue weighted by Gasteiger charge is 2.43. The number of carbonyl (C=O) groups is 3. The van der Waals surface area contributed by atoms with Crippen LogP contribution in [-0.4, -0.2) is 58.0 Å². The number of rotatable bonds is 3. The molecule has 0 aromatic heterocycles. The summed E-state index contributed by atoms with van der Waals surface area (Å²) in [6, 6.07) is 1.37. The topological polar surface area (TPSA) is 105 Å². The average molecular weight is 471 g/mol. The molecular formula is C23H32F2N2O6. The molecule has 10 heteroatoms. The third kappa shape index (κ3) is 6.86. The summed E-state index contributed by atoms with van der Waals surface area (Å²) < 4.78 is 39.0. The van der Waals surface area contributed by atoms with Gasteiger partial charge in [0.1, 0.15) is 17.2 Å². The monoisotopic (exact) mass is 470 g/mol. The van der Waals surface area contributed by atoms with Crippen molar-refractivity contribution in [3.05, 3.63) is 35.4 Å². The zero-order valence-corrected chi connectivity index (χ0v) is 19.8. The van der Waals surface area contributed by atoms with Crippen molar-refractivity contribution in [2.24, 2.45) is 0 Å². The summed E-state index contributed by atoms with van der Waals surface area (Å²) in [5.41, 5.74) is -1.94. The lowest BCUT2D eigenvalue weighted by atomic mass is 9.87. The van der Waals surface area contributed by atoms with Gasteiger partial charge in [-0.15, -0.1) is 0 Å². The van der Waals surface area contributed by atoms with Crippen molar-refractivity contribution in [2.45, 2.75) is 83.6 Å². The molecule has 0 radical (unpaired) electrons. The maximum Gasteiger partial charge on any atom is 0.420 e. The first-order valence-electron chi connectivity index (χ1n) is 10.7. The van der Waals surface area contributed by atoms with Crippen LogP contribution in [0.3, 0.4) is 0 Å². The van der Waals surface area contributed by atoms with E-state index in [1.807, 2.05) is 0 Å². The van der Waals surface area contributed by atoms with Gasteiger partial charge in [0, 0.05) is 5.92 Å². The van der Waals surface area contributed by atoms with E-state index in [2.05, 4.69) is 5.32 Å². The second-order valence-electron chi connectivity index (χ2n) is 9.97. The predicted molar refractivity (Wildman–Crippen MR) is 115 cm³/mol. The minimum Gasteiger partial charge on any atom is -0.443 e. The molecule has 1 aliphatic rings. The number of benzene rings is 1. The lowest BCUT2D eigenvalue weighted by Crippen LogP contribution is -2.55. The van der Waals surface area contributed by atoms with E-state index in [4.69, 9.17) is 9.47 Å². The highest BCUT2D eigenvalue weighted by molar-refractivity contribution is 5.96. The van der Waals surface area contributed by atoms with Gasteiger partial charge in [-0.05, 0) is 66.0 Å². The van der Waals surface area contributed by atoms with Crippen LogP contribution >= 0.6 is 0 Å². The van der Waals surface area contributed by atoms with Gasteiger partial charge in [-0.25, -0.2) is 18.4 Å². The lowest BCUT2D eigenvalue weighted by molar-refractivity contribution is -0.127. The first-order chi connectivity index (χ1) is 15.1. The fourth-order valence-electron chi connectivity index (χ4n) is 3.60. The standard InChI is InChI=1S/C23H32F2N2O6/c1-22(2,3)32-20(30)27(21(31)33-23(4,5)6)17-11-10-13(16(12-28)26-19(17)29)14-8-7-9-15(24)18(14)25/h7-9,13,16-17,28H,10-12H2,1-6H3,(H,26,29)/t13-,16?,17+/m0/s1. The van der Waals surface area contributed by atoms with Crippen molar-refractivity contribution in [1.29, 1.82) is 0 Å². The van der Waals surface area contributed by atoms with E-state index in [-0.39, 0.29) is 18.4 Å². The predicted octanol–water partition coefficient (Wildman–Crippen LogP) is 3.86. The minimum atomic E-state index is -1.34. The highest BCUT2D eigenvalue weighted by atomic mass is 19.2. The van der Waals surface area contributed by atoms with Gasteiger partial charge in [-0.1, -0.05) is 12.1 Å². The normalized spacial score (nSPS) is 21.6. The van der Waals surface area contributed by atoms with Crippen molar-refractivity contribution in [3.8, 4) is 0 Å². The maximum atomic E-state index is 14.5. The van der Waals surface area contributed by atoms with Crippen LogP contribution in [-0.2, 0) is 14.3 Å². The van der Waals surface area contributed by atoms with Gasteiger partial charge in [-0.2, -0.15) is 4.90 Å². The molecule has 1 aromatic carbocycles. The van der Waals surface area contributed by atoms with Crippen molar-refractivity contribution < 1.29 is 37.7 Å². The molecule has 184 valence electrons. The summed E-state index contributed by atoms with van der Waals surface area (Å²) in [6.45, 7) is 9.08. The van der Waals surface area contributed by atoms with Crippen LogP contribution in [0.4, 0.5) is 18.4 Å². The van der Waals surface area contributed by atoms with Crippen molar-refractivity contribution >= 4 is 18.1 Å². The van der Waals surface area contributed by atoms with E-state index in [0.29, 0.717) is 4.90 Å². The SMILES string of the molecule is CC(C)(C)OC(=O)N(C(=O)OC(C)(C)C)[C@@H]1CC[C@@H](c2cccc(F)c2F)C(CO)NC1=O. The number of aliphatic hydroxyl groups is 1. The maximum absolute atomic E-state index is 14.5. The van der Waals surface area contributed by atoms with Gasteiger partial charge < -0.3 is 19.9 Å². The third-order valence-corrected chi connectivity index (χ3v) is 4.94. The van der Waals surface area contributed by atoms with E-state index in [9.17, 15) is 28.3 Å². The Bertz CT molecular complexity index is 866. The molecule has 1 saturated heterocycles. The summed E-state index contributed by atoms with van der Waals surface area (Å²) in [4.78, 5) is 39.5. The molecule has 1 unspecified atom stereocenters. The summed E-state index contributed by atoms with van der Waals surface area (Å²) in [7, 11) is 0. The van der Waals surface area contributed by atoms with Gasteiger partial charge in [0.15, 0.2) is 11.6 Å². The molecule has 2 rings (SSSR count). The van der Waals surface area contributed by atoms with Crippen LogP contribution in [0.15, 0.2) is 18.2 Å². The summed E-state index contributed by atoms with van der Waals surface area (Å²) >= 11 is 0. The van der Waals surface area contributed by atoms with E-state index >= 15 is 0 Å². The van der Waals surface area contributed by atoms with Gasteiger partial charge in [0.25, 0.3) is 0 Å². The Labute approximate surface area is 192 Å². The summed E-state index contributed by atoms with van der Waals surface area (Å²) in [5, 5.41) is 12.4. The van der Waals surface area contributed by atoms with E-state index < -0.39 is 65.5 Å². The van der Waals surface area contributed by atoms with Crippen LogP contribution in [0.2, 0.25) is 0 Å². The largest absolute Gasteiger partial charge is 0.443 e. The van der Waals surface area contributed by atoms with Gasteiger partial charge in [0.05, 0.1) is 12.6 Å². The molecule has 33 heavy (non-hydrogen) atoms. The Balaban J connectivity index is 2.43. The summed E-state index contributed by atoms with van der Waals surface area (Å²) in [5.74, 6) is -3.67. The number of nitrogens with zero attached hydrogens (tertiary/aromatic N) is 1. The van der Waals surface area contributed by atoms with Crippen molar-refractivity contribution in [1.82, 2.24) is 10.2 Å². The molecule has 8 nitrogen and oxygen atoms in total. The number of ether oxygens (including phenoxy) is 2. The third-order valence-electron chi connectivity index (χ3n) is 4.94. The highest BCUT2D eigenvalue weighted by Crippen LogP contribution is 2.33. The number of halogens is 2. The Morgan fingerprint density at radius 3 is 2.09 bits per heavy atom. The first-order valence-corrected chi connectivity index (χ1v) is 10.7. The number of nitrogens with one attached hydrogen (secondary N) is 1. The van der Waals surface area contributed by atoms with Crippen molar-refractivity contribution in [2.75, 3.05) is 6.61 Å². The Morgan fingerprint density at radius 2 is 1.61 bits per heavy atom. The van der Waals surface area contributed by atoms with E-state index in [1.165, 1.54) is 12.1 Å². The zero-order chi connectivity index (χ0) is 25.1. The zero-order valence-electron chi connectivity index (χ0n) is 19.8. The van der Waals surface area contributed by atoms with Crippen LogP contribution in [0, 0.1) is 11.6 Å². The van der Waals surface area contributed by atoms with Gasteiger partial charge in [-0.3, -0.25) is 4.79 Å². The quantitative estimate of drug-likeness (QED) is 0.695. The molecule has 2 N–H and O–H groups in total.